The Kier molecular flexibility index (Phi) is 3.65. The molecule has 1 nitrogen and oxygen atoms in total. The van der Waals surface area contributed by atoms with Crippen molar-refractivity contribution < 1.29 is 5.11 Å². The predicted octanol–water partition coefficient (Wildman–Crippen LogP) is 0.276. The fourth-order valence-electron chi connectivity index (χ4n) is 0.378. The fraction of sp³-hybridized carbons (Fsp3) is 0. The molecule has 0 fully saturated rings. The van der Waals surface area contributed by atoms with Crippen LogP contribution < -0.4 is 0 Å². The minimum atomic E-state index is 0. The first-order valence-corrected chi connectivity index (χ1v) is 2.04. The predicted molar refractivity (Wildman–Crippen MR) is 35.5 cm³/mol. The van der Waals surface area contributed by atoms with Gasteiger partial charge in [-0.15, -0.1) is 0 Å². The minimum Gasteiger partial charge on any atom is -0.508 e. The third kappa shape index (κ3) is 2.19. The molecule has 0 heterocycles. The molecule has 1 aromatic rings. The molecule has 0 amide bonds. The third-order valence-corrected chi connectivity index (χ3v) is 0.701. The Morgan fingerprint density at radius 3 is 2.00 bits per heavy atom. The molecule has 0 saturated heterocycles. The average molecular weight is 119 g/mol. The second-order valence-corrected chi connectivity index (χ2v) is 1.26. The van der Waals surface area contributed by atoms with Crippen LogP contribution in [-0.2, 0) is 0 Å². The molecule has 0 saturated carbocycles. The summed E-state index contributed by atoms with van der Waals surface area (Å²) in [4.78, 5) is 0. The van der Waals surface area contributed by atoms with Crippen LogP contribution in [0.3, 0.4) is 0 Å². The summed E-state index contributed by atoms with van der Waals surface area (Å²) in [6.07, 6.45) is 0. The van der Waals surface area contributed by atoms with Crippen molar-refractivity contribution in [3.05, 3.63) is 30.3 Å². The summed E-state index contributed by atoms with van der Waals surface area (Å²) in [5, 5.41) is 8.61. The lowest BCUT2D eigenvalue weighted by Crippen LogP contribution is -1.57. The molecule has 0 aliphatic rings. The van der Waals surface area contributed by atoms with Crippen LogP contribution in [0.1, 0.15) is 0 Å². The number of hydrogen-bond donors (Lipinski definition) is 1. The Morgan fingerprint density at radius 1 is 1.25 bits per heavy atom. The van der Waals surface area contributed by atoms with Gasteiger partial charge >= 0.3 is 23.1 Å². The van der Waals surface area contributed by atoms with E-state index in [2.05, 4.69) is 6.07 Å². The molecular weight excluding hydrogens is 112 g/mol. The molecule has 0 aromatic heterocycles. The largest absolute Gasteiger partial charge is 0.508 e. The minimum absolute atomic E-state index is 0. The molecular formula is C6H7MgO. The zero-order chi connectivity index (χ0) is 5.11. The molecule has 8 heavy (non-hydrogen) atoms. The zero-order valence-corrected chi connectivity index (χ0v) is 3.76. The number of rotatable bonds is 0. The van der Waals surface area contributed by atoms with E-state index >= 15 is 0 Å². The van der Waals surface area contributed by atoms with Crippen LogP contribution in [0.2, 0.25) is 0 Å². The van der Waals surface area contributed by atoms with Crippen LogP contribution in [0.15, 0.2) is 24.3 Å². The lowest BCUT2D eigenvalue weighted by Gasteiger charge is -1.81. The SMILES string of the molecule is Oc1cc[c]cc1.[MgH2]. The van der Waals surface area contributed by atoms with E-state index in [9.17, 15) is 0 Å². The van der Waals surface area contributed by atoms with Gasteiger partial charge in [-0.05, 0) is 18.2 Å². The zero-order valence-electron chi connectivity index (χ0n) is 3.76. The van der Waals surface area contributed by atoms with Crippen molar-refractivity contribution in [2.75, 3.05) is 0 Å². The average Bonchev–Trinajstić information content (AvgIpc) is 1.69. The van der Waals surface area contributed by atoms with E-state index in [1.54, 1.807) is 24.3 Å². The Hall–Kier alpha value is -0.214. The summed E-state index contributed by atoms with van der Waals surface area (Å²) in [5.74, 6) is 0.291. The van der Waals surface area contributed by atoms with Gasteiger partial charge in [-0.3, -0.25) is 0 Å². The van der Waals surface area contributed by atoms with Gasteiger partial charge in [0.05, 0.1) is 0 Å². The van der Waals surface area contributed by atoms with Crippen molar-refractivity contribution in [2.45, 2.75) is 0 Å². The molecule has 0 atom stereocenters. The van der Waals surface area contributed by atoms with E-state index < -0.39 is 0 Å². The Balaban J connectivity index is 0.000000490. The van der Waals surface area contributed by atoms with Crippen molar-refractivity contribution in [2.24, 2.45) is 0 Å². The Morgan fingerprint density at radius 2 is 1.75 bits per heavy atom. The van der Waals surface area contributed by atoms with Gasteiger partial charge in [0.2, 0.25) is 0 Å². The van der Waals surface area contributed by atoms with Gasteiger partial charge < -0.3 is 5.11 Å². The molecule has 1 rings (SSSR count). The molecule has 0 aliphatic heterocycles. The van der Waals surface area contributed by atoms with Gasteiger partial charge in [0, 0.05) is 0 Å². The Bertz CT molecular complexity index is 138. The smallest absolute Gasteiger partial charge is 0.316 e. The van der Waals surface area contributed by atoms with Crippen LogP contribution in [0.5, 0.6) is 5.75 Å². The van der Waals surface area contributed by atoms with Crippen LogP contribution in [-0.4, -0.2) is 28.2 Å². The normalized spacial score (nSPS) is 7.50. The highest BCUT2D eigenvalue weighted by Gasteiger charge is 1.75. The van der Waals surface area contributed by atoms with Crippen LogP contribution >= 0.6 is 0 Å². The highest BCUT2D eigenvalue weighted by atomic mass is 24.3. The van der Waals surface area contributed by atoms with Gasteiger partial charge in [-0.2, -0.15) is 0 Å². The quantitative estimate of drug-likeness (QED) is 0.486. The number of hydrogen-bond acceptors (Lipinski definition) is 1. The highest BCUT2D eigenvalue weighted by molar-refractivity contribution is 5.75. The summed E-state index contributed by atoms with van der Waals surface area (Å²) in [6, 6.07) is 9.26. The Labute approximate surface area is 64.5 Å². The van der Waals surface area contributed by atoms with Crippen LogP contribution in [0, 0.1) is 6.07 Å². The van der Waals surface area contributed by atoms with Crippen molar-refractivity contribution in [3.8, 4) is 5.75 Å². The van der Waals surface area contributed by atoms with Gasteiger partial charge in [-0.1, -0.05) is 12.1 Å². The maximum absolute atomic E-state index is 8.61. The van der Waals surface area contributed by atoms with E-state index in [4.69, 9.17) is 5.11 Å². The van der Waals surface area contributed by atoms with Gasteiger partial charge in [0.25, 0.3) is 0 Å². The second-order valence-electron chi connectivity index (χ2n) is 1.26. The lowest BCUT2D eigenvalue weighted by molar-refractivity contribution is 0.475. The van der Waals surface area contributed by atoms with Crippen molar-refractivity contribution in [3.63, 3.8) is 0 Å². The fourth-order valence-corrected chi connectivity index (χ4v) is 0.378. The standard InChI is InChI=1S/C6H5O.Mg.2H/c7-6-4-2-1-3-5-6;;;/h2-5,7H;;;. The van der Waals surface area contributed by atoms with Crippen LogP contribution in [0.4, 0.5) is 0 Å². The highest BCUT2D eigenvalue weighted by Crippen LogP contribution is 2.02. The van der Waals surface area contributed by atoms with E-state index in [0.29, 0.717) is 5.75 Å². The van der Waals surface area contributed by atoms with E-state index in [-0.39, 0.29) is 23.1 Å². The summed E-state index contributed by atoms with van der Waals surface area (Å²) in [6.45, 7) is 0. The van der Waals surface area contributed by atoms with Gasteiger partial charge in [0.15, 0.2) is 0 Å². The number of aromatic hydroxyl groups is 1. The van der Waals surface area contributed by atoms with E-state index in [1.807, 2.05) is 0 Å². The first-order chi connectivity index (χ1) is 3.39. The van der Waals surface area contributed by atoms with E-state index in [1.165, 1.54) is 0 Å². The van der Waals surface area contributed by atoms with Crippen molar-refractivity contribution in [1.29, 1.82) is 0 Å². The summed E-state index contributed by atoms with van der Waals surface area (Å²) < 4.78 is 0. The van der Waals surface area contributed by atoms with Gasteiger partial charge in [0.1, 0.15) is 5.75 Å². The molecule has 2 heteroatoms. The van der Waals surface area contributed by atoms with E-state index in [0.717, 1.165) is 0 Å². The molecule has 1 aromatic carbocycles. The van der Waals surface area contributed by atoms with Gasteiger partial charge in [-0.25, -0.2) is 0 Å². The maximum atomic E-state index is 8.61. The van der Waals surface area contributed by atoms with Crippen molar-refractivity contribution in [1.82, 2.24) is 0 Å². The molecule has 39 valence electrons. The molecule has 0 aliphatic carbocycles. The molecule has 0 spiro atoms. The number of benzene rings is 1. The first-order valence-electron chi connectivity index (χ1n) is 2.04. The summed E-state index contributed by atoms with van der Waals surface area (Å²) in [7, 11) is 0. The third-order valence-electron chi connectivity index (χ3n) is 0.701. The van der Waals surface area contributed by atoms with Crippen LogP contribution in [0.25, 0.3) is 0 Å². The monoisotopic (exact) mass is 119 g/mol. The summed E-state index contributed by atoms with van der Waals surface area (Å²) >= 11 is 0. The molecule has 1 N–H and O–H groups in total. The first kappa shape index (κ1) is 7.79. The topological polar surface area (TPSA) is 20.2 Å². The number of phenols is 1. The second kappa shape index (κ2) is 3.75. The number of phenolic OH excluding ortho intramolecular Hbond substituents is 1. The molecule has 0 bridgehead atoms. The molecule has 1 radical (unpaired) electrons. The molecule has 0 unspecified atom stereocenters. The lowest BCUT2D eigenvalue weighted by atomic mass is 10.3. The maximum Gasteiger partial charge on any atom is 0.316 e. The summed E-state index contributed by atoms with van der Waals surface area (Å²) in [5.41, 5.74) is 0. The van der Waals surface area contributed by atoms with Crippen molar-refractivity contribution >= 4 is 23.1 Å².